The number of carboxylic acid groups (broad SMARTS) is 1. The molecule has 0 aromatic rings. The maximum atomic E-state index is 11.6. The maximum absolute atomic E-state index is 11.6. The predicted octanol–water partition coefficient (Wildman–Crippen LogP) is 4.24. The van der Waals surface area contributed by atoms with Gasteiger partial charge in [0, 0.05) is 0 Å². The van der Waals surface area contributed by atoms with E-state index in [0.717, 1.165) is 38.0 Å². The Hall–Kier alpha value is -0.530. The molecular formula is C15H26O2. The molecule has 0 aromatic heterocycles. The Morgan fingerprint density at radius 2 is 1.82 bits per heavy atom. The van der Waals surface area contributed by atoms with Crippen molar-refractivity contribution in [2.45, 2.75) is 71.1 Å². The van der Waals surface area contributed by atoms with Gasteiger partial charge in [-0.2, -0.15) is 0 Å². The SMILES string of the molecule is CCCC1CCC(CC2CCC2)(C(=O)O)CC1. The molecule has 17 heavy (non-hydrogen) atoms. The fraction of sp³-hybridized carbons (Fsp3) is 0.933. The summed E-state index contributed by atoms with van der Waals surface area (Å²) in [5.41, 5.74) is -0.352. The number of hydrogen-bond donors (Lipinski definition) is 1. The minimum Gasteiger partial charge on any atom is -0.481 e. The van der Waals surface area contributed by atoms with Gasteiger partial charge in [-0.05, 0) is 43.9 Å². The van der Waals surface area contributed by atoms with Gasteiger partial charge >= 0.3 is 5.97 Å². The van der Waals surface area contributed by atoms with Crippen LogP contribution in [0.3, 0.4) is 0 Å². The van der Waals surface area contributed by atoms with Crippen LogP contribution in [0.2, 0.25) is 0 Å². The summed E-state index contributed by atoms with van der Waals surface area (Å²) >= 11 is 0. The van der Waals surface area contributed by atoms with Gasteiger partial charge in [0.25, 0.3) is 0 Å². The second kappa shape index (κ2) is 5.41. The second-order valence-corrected chi connectivity index (χ2v) is 6.32. The molecule has 2 rings (SSSR count). The molecule has 1 N–H and O–H groups in total. The van der Waals surface area contributed by atoms with E-state index in [-0.39, 0.29) is 5.41 Å². The van der Waals surface area contributed by atoms with Crippen LogP contribution in [-0.4, -0.2) is 11.1 Å². The van der Waals surface area contributed by atoms with Gasteiger partial charge in [-0.1, -0.05) is 39.0 Å². The largest absolute Gasteiger partial charge is 0.481 e. The average molecular weight is 238 g/mol. The molecular weight excluding hydrogens is 212 g/mol. The second-order valence-electron chi connectivity index (χ2n) is 6.32. The van der Waals surface area contributed by atoms with Gasteiger partial charge in [0.2, 0.25) is 0 Å². The predicted molar refractivity (Wildman–Crippen MR) is 68.9 cm³/mol. The van der Waals surface area contributed by atoms with E-state index < -0.39 is 5.97 Å². The molecule has 0 amide bonds. The van der Waals surface area contributed by atoms with Crippen LogP contribution >= 0.6 is 0 Å². The Balaban J connectivity index is 1.92. The molecule has 2 fully saturated rings. The van der Waals surface area contributed by atoms with Gasteiger partial charge in [0.15, 0.2) is 0 Å². The first-order chi connectivity index (χ1) is 8.16. The third-order valence-electron chi connectivity index (χ3n) is 5.12. The van der Waals surface area contributed by atoms with Gasteiger partial charge in [-0.15, -0.1) is 0 Å². The average Bonchev–Trinajstić information content (AvgIpc) is 2.26. The van der Waals surface area contributed by atoms with E-state index in [1.54, 1.807) is 0 Å². The van der Waals surface area contributed by atoms with E-state index in [1.165, 1.54) is 32.1 Å². The monoisotopic (exact) mass is 238 g/mol. The third kappa shape index (κ3) is 2.83. The van der Waals surface area contributed by atoms with Crippen molar-refractivity contribution in [3.05, 3.63) is 0 Å². The van der Waals surface area contributed by atoms with E-state index in [2.05, 4.69) is 6.92 Å². The van der Waals surface area contributed by atoms with Crippen molar-refractivity contribution in [1.82, 2.24) is 0 Å². The molecule has 0 bridgehead atoms. The van der Waals surface area contributed by atoms with Crippen LogP contribution < -0.4 is 0 Å². The quantitative estimate of drug-likeness (QED) is 0.778. The fourth-order valence-electron chi connectivity index (χ4n) is 3.68. The normalized spacial score (nSPS) is 34.3. The highest BCUT2D eigenvalue weighted by Crippen LogP contribution is 2.48. The van der Waals surface area contributed by atoms with Crippen molar-refractivity contribution in [3.8, 4) is 0 Å². The molecule has 0 heterocycles. The first-order valence-electron chi connectivity index (χ1n) is 7.39. The van der Waals surface area contributed by atoms with Crippen LogP contribution in [0.15, 0.2) is 0 Å². The number of aliphatic carboxylic acids is 1. The minimum atomic E-state index is -0.514. The van der Waals surface area contributed by atoms with Crippen LogP contribution in [0.4, 0.5) is 0 Å². The lowest BCUT2D eigenvalue weighted by molar-refractivity contribution is -0.153. The molecule has 2 heteroatoms. The highest BCUT2D eigenvalue weighted by molar-refractivity contribution is 5.74. The first kappa shape index (κ1) is 12.9. The standard InChI is InChI=1S/C15H26O2/c1-2-4-12-7-9-15(10-8-12,14(16)17)11-13-5-3-6-13/h12-13H,2-11H2,1H3,(H,16,17). The van der Waals surface area contributed by atoms with Gasteiger partial charge in [0.05, 0.1) is 5.41 Å². The van der Waals surface area contributed by atoms with Crippen molar-refractivity contribution < 1.29 is 9.90 Å². The van der Waals surface area contributed by atoms with E-state index >= 15 is 0 Å². The highest BCUT2D eigenvalue weighted by Gasteiger charge is 2.43. The van der Waals surface area contributed by atoms with Crippen LogP contribution in [0.1, 0.15) is 71.1 Å². The third-order valence-corrected chi connectivity index (χ3v) is 5.12. The van der Waals surface area contributed by atoms with Crippen molar-refractivity contribution in [1.29, 1.82) is 0 Å². The number of hydrogen-bond acceptors (Lipinski definition) is 1. The summed E-state index contributed by atoms with van der Waals surface area (Å²) in [4.78, 5) is 11.6. The summed E-state index contributed by atoms with van der Waals surface area (Å²) in [5.74, 6) is 1.00. The summed E-state index contributed by atoms with van der Waals surface area (Å²) in [6.45, 7) is 2.23. The van der Waals surface area contributed by atoms with Crippen molar-refractivity contribution in [3.63, 3.8) is 0 Å². The molecule has 0 unspecified atom stereocenters. The topological polar surface area (TPSA) is 37.3 Å². The van der Waals surface area contributed by atoms with Crippen LogP contribution in [-0.2, 0) is 4.79 Å². The lowest BCUT2D eigenvalue weighted by Crippen LogP contribution is -2.38. The molecule has 98 valence electrons. The zero-order valence-corrected chi connectivity index (χ0v) is 11.1. The number of carbonyl (C=O) groups is 1. The molecule has 2 aliphatic carbocycles. The zero-order valence-electron chi connectivity index (χ0n) is 11.1. The van der Waals surface area contributed by atoms with E-state index in [0.29, 0.717) is 5.92 Å². The van der Waals surface area contributed by atoms with Crippen molar-refractivity contribution in [2.75, 3.05) is 0 Å². The molecule has 0 spiro atoms. The van der Waals surface area contributed by atoms with Crippen molar-refractivity contribution >= 4 is 5.97 Å². The van der Waals surface area contributed by atoms with Crippen LogP contribution in [0.5, 0.6) is 0 Å². The smallest absolute Gasteiger partial charge is 0.309 e. The lowest BCUT2D eigenvalue weighted by Gasteiger charge is -2.41. The lowest BCUT2D eigenvalue weighted by atomic mass is 9.63. The summed E-state index contributed by atoms with van der Waals surface area (Å²) in [5, 5.41) is 9.57. The maximum Gasteiger partial charge on any atom is 0.309 e. The highest BCUT2D eigenvalue weighted by atomic mass is 16.4. The van der Waals surface area contributed by atoms with E-state index in [4.69, 9.17) is 0 Å². The fourth-order valence-corrected chi connectivity index (χ4v) is 3.68. The van der Waals surface area contributed by atoms with Crippen LogP contribution in [0.25, 0.3) is 0 Å². The number of rotatable bonds is 5. The summed E-state index contributed by atoms with van der Waals surface area (Å²) in [7, 11) is 0. The first-order valence-corrected chi connectivity index (χ1v) is 7.39. The van der Waals surface area contributed by atoms with Gasteiger partial charge in [-0.25, -0.2) is 0 Å². The Labute approximate surface area is 105 Å². The number of carboxylic acids is 1. The molecule has 0 saturated heterocycles. The van der Waals surface area contributed by atoms with E-state index in [9.17, 15) is 9.90 Å². The molecule has 2 saturated carbocycles. The van der Waals surface area contributed by atoms with Gasteiger partial charge in [0.1, 0.15) is 0 Å². The molecule has 2 aliphatic rings. The summed E-state index contributed by atoms with van der Waals surface area (Å²) < 4.78 is 0. The van der Waals surface area contributed by atoms with E-state index in [1.807, 2.05) is 0 Å². The van der Waals surface area contributed by atoms with Gasteiger partial charge in [-0.3, -0.25) is 4.79 Å². The minimum absolute atomic E-state index is 0.352. The molecule has 0 radical (unpaired) electrons. The van der Waals surface area contributed by atoms with Crippen LogP contribution in [0, 0.1) is 17.3 Å². The molecule has 0 atom stereocenters. The summed E-state index contributed by atoms with van der Waals surface area (Å²) in [6.07, 6.45) is 11.5. The Morgan fingerprint density at radius 1 is 1.18 bits per heavy atom. The van der Waals surface area contributed by atoms with Gasteiger partial charge < -0.3 is 5.11 Å². The molecule has 2 nitrogen and oxygen atoms in total. The Morgan fingerprint density at radius 3 is 2.24 bits per heavy atom. The van der Waals surface area contributed by atoms with Crippen molar-refractivity contribution in [2.24, 2.45) is 17.3 Å². The molecule has 0 aromatic carbocycles. The zero-order chi connectivity index (χ0) is 12.3. The Kier molecular flexibility index (Phi) is 4.11. The molecule has 0 aliphatic heterocycles. The summed E-state index contributed by atoms with van der Waals surface area (Å²) in [6, 6.07) is 0. The Bertz CT molecular complexity index is 260.